The normalized spacial score (nSPS) is 17.9. The first kappa shape index (κ1) is 14.5. The summed E-state index contributed by atoms with van der Waals surface area (Å²) in [5, 5.41) is 0. The molecule has 2 nitrogen and oxygen atoms in total. The lowest BCUT2D eigenvalue weighted by molar-refractivity contribution is 0.415. The fraction of sp³-hybridized carbons (Fsp3) is 0.647. The molecule has 0 radical (unpaired) electrons. The molecule has 1 aliphatic carbocycles. The number of nitrogens with one attached hydrogen (secondary N) is 1. The van der Waals surface area contributed by atoms with Crippen LogP contribution in [0, 0.1) is 26.7 Å². The second kappa shape index (κ2) is 6.53. The van der Waals surface area contributed by atoms with E-state index in [0.29, 0.717) is 6.04 Å². The largest absolute Gasteiger partial charge is 0.271 e. The lowest BCUT2D eigenvalue weighted by Crippen LogP contribution is -2.29. The predicted octanol–water partition coefficient (Wildman–Crippen LogP) is 4.09. The van der Waals surface area contributed by atoms with Gasteiger partial charge in [0.25, 0.3) is 0 Å². The van der Waals surface area contributed by atoms with Crippen molar-refractivity contribution in [1.82, 2.24) is 5.43 Å². The SMILES string of the molecule is Cc1cc(C)c(C(CCC2CCCC2)NN)cc1C. The van der Waals surface area contributed by atoms with Crippen molar-refractivity contribution in [1.29, 1.82) is 0 Å². The Morgan fingerprint density at radius 2 is 1.74 bits per heavy atom. The van der Waals surface area contributed by atoms with Gasteiger partial charge in [-0.05, 0) is 61.8 Å². The minimum absolute atomic E-state index is 0.305. The third-order valence-corrected chi connectivity index (χ3v) is 4.80. The maximum Gasteiger partial charge on any atom is 0.0462 e. The van der Waals surface area contributed by atoms with E-state index < -0.39 is 0 Å². The second-order valence-corrected chi connectivity index (χ2v) is 6.24. The van der Waals surface area contributed by atoms with E-state index in [2.05, 4.69) is 38.3 Å². The molecule has 2 heteroatoms. The quantitative estimate of drug-likeness (QED) is 0.618. The Bertz CT molecular complexity index is 420. The van der Waals surface area contributed by atoms with E-state index in [4.69, 9.17) is 5.84 Å². The summed E-state index contributed by atoms with van der Waals surface area (Å²) in [6.07, 6.45) is 8.15. The van der Waals surface area contributed by atoms with Crippen LogP contribution in [0.3, 0.4) is 0 Å². The molecule has 1 fully saturated rings. The Kier molecular flexibility index (Phi) is 5.00. The number of hydrogen-bond acceptors (Lipinski definition) is 2. The lowest BCUT2D eigenvalue weighted by atomic mass is 9.91. The Morgan fingerprint density at radius 1 is 1.11 bits per heavy atom. The number of hydrazine groups is 1. The molecule has 0 aromatic heterocycles. The molecule has 1 aliphatic rings. The Hall–Kier alpha value is -0.860. The van der Waals surface area contributed by atoms with Crippen molar-refractivity contribution in [2.45, 2.75) is 65.3 Å². The highest BCUT2D eigenvalue weighted by Crippen LogP contribution is 2.32. The van der Waals surface area contributed by atoms with E-state index in [9.17, 15) is 0 Å². The van der Waals surface area contributed by atoms with Gasteiger partial charge in [0.2, 0.25) is 0 Å². The van der Waals surface area contributed by atoms with Crippen LogP contribution in [-0.2, 0) is 0 Å². The smallest absolute Gasteiger partial charge is 0.0462 e. The van der Waals surface area contributed by atoms with Crippen molar-refractivity contribution in [3.63, 3.8) is 0 Å². The first-order valence-corrected chi connectivity index (χ1v) is 7.65. The summed E-state index contributed by atoms with van der Waals surface area (Å²) in [4.78, 5) is 0. The van der Waals surface area contributed by atoms with E-state index in [0.717, 1.165) is 12.3 Å². The van der Waals surface area contributed by atoms with Gasteiger partial charge in [-0.1, -0.05) is 37.8 Å². The number of aryl methyl sites for hydroxylation is 3. The molecule has 0 aliphatic heterocycles. The highest BCUT2D eigenvalue weighted by Gasteiger charge is 2.19. The highest BCUT2D eigenvalue weighted by molar-refractivity contribution is 5.38. The standard InChI is InChI=1S/C17H28N2/c1-12-10-14(3)16(11-13(12)2)17(19-18)9-8-15-6-4-5-7-15/h10-11,15,17,19H,4-9,18H2,1-3H3. The van der Waals surface area contributed by atoms with Crippen LogP contribution < -0.4 is 11.3 Å². The average Bonchev–Trinajstić information content (AvgIpc) is 2.89. The van der Waals surface area contributed by atoms with Gasteiger partial charge in [-0.3, -0.25) is 11.3 Å². The third-order valence-electron chi connectivity index (χ3n) is 4.80. The molecule has 1 aromatic carbocycles. The summed E-state index contributed by atoms with van der Waals surface area (Å²) in [7, 11) is 0. The zero-order valence-electron chi connectivity index (χ0n) is 12.6. The monoisotopic (exact) mass is 260 g/mol. The molecule has 1 saturated carbocycles. The van der Waals surface area contributed by atoms with Gasteiger partial charge in [0.05, 0.1) is 0 Å². The fourth-order valence-electron chi connectivity index (χ4n) is 3.39. The van der Waals surface area contributed by atoms with Crippen LogP contribution in [0.25, 0.3) is 0 Å². The van der Waals surface area contributed by atoms with Crippen LogP contribution in [0.1, 0.15) is 66.8 Å². The van der Waals surface area contributed by atoms with Gasteiger partial charge in [-0.15, -0.1) is 0 Å². The highest BCUT2D eigenvalue weighted by atomic mass is 15.2. The van der Waals surface area contributed by atoms with Crippen molar-refractivity contribution in [3.05, 3.63) is 34.4 Å². The van der Waals surface area contributed by atoms with E-state index in [1.165, 1.54) is 54.4 Å². The first-order chi connectivity index (χ1) is 9.11. The predicted molar refractivity (Wildman–Crippen MR) is 81.9 cm³/mol. The number of benzene rings is 1. The second-order valence-electron chi connectivity index (χ2n) is 6.24. The van der Waals surface area contributed by atoms with Gasteiger partial charge in [-0.2, -0.15) is 0 Å². The summed E-state index contributed by atoms with van der Waals surface area (Å²) >= 11 is 0. The molecular weight excluding hydrogens is 232 g/mol. The van der Waals surface area contributed by atoms with Gasteiger partial charge >= 0.3 is 0 Å². The summed E-state index contributed by atoms with van der Waals surface area (Å²) < 4.78 is 0. The summed E-state index contributed by atoms with van der Waals surface area (Å²) in [6, 6.07) is 4.90. The zero-order valence-corrected chi connectivity index (χ0v) is 12.6. The molecule has 0 amide bonds. The summed E-state index contributed by atoms with van der Waals surface area (Å²) in [5.74, 6) is 6.73. The maximum atomic E-state index is 5.80. The summed E-state index contributed by atoms with van der Waals surface area (Å²) in [6.45, 7) is 6.56. The van der Waals surface area contributed by atoms with E-state index >= 15 is 0 Å². The third kappa shape index (κ3) is 3.58. The molecule has 19 heavy (non-hydrogen) atoms. The Labute approximate surface area is 117 Å². The van der Waals surface area contributed by atoms with Gasteiger partial charge in [0.1, 0.15) is 0 Å². The molecule has 0 spiro atoms. The maximum absolute atomic E-state index is 5.80. The molecule has 2 rings (SSSR count). The van der Waals surface area contributed by atoms with Crippen LogP contribution in [-0.4, -0.2) is 0 Å². The van der Waals surface area contributed by atoms with Gasteiger partial charge < -0.3 is 0 Å². The van der Waals surface area contributed by atoms with Crippen LogP contribution >= 0.6 is 0 Å². The molecule has 106 valence electrons. The van der Waals surface area contributed by atoms with Gasteiger partial charge in [-0.25, -0.2) is 0 Å². The van der Waals surface area contributed by atoms with E-state index in [1.807, 2.05) is 0 Å². The van der Waals surface area contributed by atoms with Crippen molar-refractivity contribution >= 4 is 0 Å². The van der Waals surface area contributed by atoms with Crippen LogP contribution in [0.15, 0.2) is 12.1 Å². The van der Waals surface area contributed by atoms with E-state index in [-0.39, 0.29) is 0 Å². The molecule has 1 unspecified atom stereocenters. The average molecular weight is 260 g/mol. The number of nitrogens with two attached hydrogens (primary N) is 1. The molecule has 1 aromatic rings. The summed E-state index contributed by atoms with van der Waals surface area (Å²) in [5.41, 5.74) is 8.50. The molecule has 0 heterocycles. The topological polar surface area (TPSA) is 38.0 Å². The molecule has 3 N–H and O–H groups in total. The minimum atomic E-state index is 0.305. The Balaban J connectivity index is 2.05. The van der Waals surface area contributed by atoms with Gasteiger partial charge in [0.15, 0.2) is 0 Å². The zero-order chi connectivity index (χ0) is 13.8. The lowest BCUT2D eigenvalue weighted by Gasteiger charge is -2.21. The molecule has 0 saturated heterocycles. The van der Waals surface area contributed by atoms with Crippen molar-refractivity contribution in [2.24, 2.45) is 11.8 Å². The molecule has 1 atom stereocenters. The van der Waals surface area contributed by atoms with Crippen LogP contribution in [0.4, 0.5) is 0 Å². The molecular formula is C17H28N2. The van der Waals surface area contributed by atoms with Crippen molar-refractivity contribution < 1.29 is 0 Å². The molecule has 0 bridgehead atoms. The Morgan fingerprint density at radius 3 is 2.37 bits per heavy atom. The minimum Gasteiger partial charge on any atom is -0.271 e. The van der Waals surface area contributed by atoms with Crippen molar-refractivity contribution in [3.8, 4) is 0 Å². The number of rotatable bonds is 5. The fourth-order valence-corrected chi connectivity index (χ4v) is 3.39. The van der Waals surface area contributed by atoms with Crippen LogP contribution in [0.2, 0.25) is 0 Å². The van der Waals surface area contributed by atoms with E-state index in [1.54, 1.807) is 0 Å². The number of hydrogen-bond donors (Lipinski definition) is 2. The van der Waals surface area contributed by atoms with Crippen molar-refractivity contribution in [2.75, 3.05) is 0 Å². The first-order valence-electron chi connectivity index (χ1n) is 7.65. The van der Waals surface area contributed by atoms with Crippen LogP contribution in [0.5, 0.6) is 0 Å². The van der Waals surface area contributed by atoms with Gasteiger partial charge in [0, 0.05) is 6.04 Å².